The van der Waals surface area contributed by atoms with Crippen LogP contribution >= 0.6 is 27.9 Å². The smallest absolute Gasteiger partial charge is 0.0689 e. The van der Waals surface area contributed by atoms with Crippen molar-refractivity contribution in [2.24, 2.45) is 0 Å². The zero-order valence-electron chi connectivity index (χ0n) is 8.61. The second kappa shape index (κ2) is 4.87. The molecule has 0 aliphatic carbocycles. The average Bonchev–Trinajstić information content (AvgIpc) is 2.49. The fraction of sp³-hybridized carbons (Fsp3) is 0.455. The maximum absolute atomic E-state index is 9.42. The van der Waals surface area contributed by atoms with Crippen molar-refractivity contribution >= 4 is 27.9 Å². The molecule has 82 valence electrons. The molecular formula is C11H14BrNOS. The molecule has 2 nitrogen and oxygen atoms in total. The van der Waals surface area contributed by atoms with E-state index in [2.05, 4.69) is 45.4 Å². The third-order valence-electron chi connectivity index (χ3n) is 2.38. The Morgan fingerprint density at radius 1 is 1.47 bits per heavy atom. The van der Waals surface area contributed by atoms with E-state index in [1.807, 2.05) is 0 Å². The first-order valence-corrected chi connectivity index (χ1v) is 6.58. The van der Waals surface area contributed by atoms with Crippen LogP contribution in [0.5, 0.6) is 0 Å². The van der Waals surface area contributed by atoms with E-state index in [4.69, 9.17) is 0 Å². The van der Waals surface area contributed by atoms with Gasteiger partial charge in [-0.15, -0.1) is 0 Å². The van der Waals surface area contributed by atoms with Gasteiger partial charge in [-0.2, -0.15) is 0 Å². The Hall–Kier alpha value is -0.0300. The minimum atomic E-state index is -0.147. The molecule has 1 saturated heterocycles. The van der Waals surface area contributed by atoms with Crippen molar-refractivity contribution in [1.29, 1.82) is 0 Å². The zero-order chi connectivity index (χ0) is 10.8. The topological polar surface area (TPSA) is 23.5 Å². The molecule has 0 radical (unpaired) electrons. The molecule has 1 N–H and O–H groups in total. The van der Waals surface area contributed by atoms with E-state index in [-0.39, 0.29) is 6.10 Å². The Balaban J connectivity index is 2.04. The number of halogens is 1. The standard InChI is InChI=1S/C11H14BrNOS/c1-8-4-9(12)6-11(5-8)15-13-3-2-10(14)7-13/h4-6,10,14H,2-3,7H2,1H3. The molecule has 1 aliphatic heterocycles. The molecule has 0 bridgehead atoms. The van der Waals surface area contributed by atoms with E-state index in [9.17, 15) is 5.11 Å². The third-order valence-corrected chi connectivity index (χ3v) is 3.87. The van der Waals surface area contributed by atoms with Crippen molar-refractivity contribution in [1.82, 2.24) is 4.31 Å². The lowest BCUT2D eigenvalue weighted by Crippen LogP contribution is -2.13. The fourth-order valence-electron chi connectivity index (χ4n) is 1.70. The van der Waals surface area contributed by atoms with Gasteiger partial charge >= 0.3 is 0 Å². The van der Waals surface area contributed by atoms with Gasteiger partial charge in [0, 0.05) is 22.5 Å². The Labute approximate surface area is 103 Å². The molecule has 1 heterocycles. The first-order chi connectivity index (χ1) is 7.13. The second-order valence-electron chi connectivity index (χ2n) is 3.89. The normalized spacial score (nSPS) is 22.2. The average molecular weight is 288 g/mol. The fourth-order valence-corrected chi connectivity index (χ4v) is 3.62. The van der Waals surface area contributed by atoms with Crippen LogP contribution in [-0.4, -0.2) is 28.6 Å². The summed E-state index contributed by atoms with van der Waals surface area (Å²) in [7, 11) is 0. The van der Waals surface area contributed by atoms with E-state index in [0.717, 1.165) is 24.0 Å². The molecule has 1 unspecified atom stereocenters. The highest BCUT2D eigenvalue weighted by molar-refractivity contribution is 9.10. The van der Waals surface area contributed by atoms with Gasteiger partial charge in [-0.25, -0.2) is 4.31 Å². The number of nitrogens with zero attached hydrogens (tertiary/aromatic N) is 1. The predicted octanol–water partition coefficient (Wildman–Crippen LogP) is 2.83. The second-order valence-corrected chi connectivity index (χ2v) is 5.97. The van der Waals surface area contributed by atoms with Crippen molar-refractivity contribution in [3.8, 4) is 0 Å². The van der Waals surface area contributed by atoms with Crippen LogP contribution in [0.15, 0.2) is 27.6 Å². The summed E-state index contributed by atoms with van der Waals surface area (Å²) in [5.41, 5.74) is 1.26. The molecule has 1 fully saturated rings. The Morgan fingerprint density at radius 2 is 2.27 bits per heavy atom. The molecule has 0 amide bonds. The lowest BCUT2D eigenvalue weighted by Gasteiger charge is -2.14. The first kappa shape index (κ1) is 11.5. The van der Waals surface area contributed by atoms with Crippen LogP contribution in [0.3, 0.4) is 0 Å². The van der Waals surface area contributed by atoms with Crippen molar-refractivity contribution in [3.63, 3.8) is 0 Å². The number of benzene rings is 1. The molecule has 1 atom stereocenters. The largest absolute Gasteiger partial charge is 0.392 e. The zero-order valence-corrected chi connectivity index (χ0v) is 11.0. The summed E-state index contributed by atoms with van der Waals surface area (Å²) >= 11 is 5.22. The number of β-amino-alcohol motifs (C(OH)–C–C–N with tert-alkyl or cyclic N) is 1. The van der Waals surface area contributed by atoms with Gasteiger partial charge in [0.15, 0.2) is 0 Å². The summed E-state index contributed by atoms with van der Waals surface area (Å²) in [5.74, 6) is 0. The monoisotopic (exact) mass is 287 g/mol. The van der Waals surface area contributed by atoms with Gasteiger partial charge in [-0.1, -0.05) is 15.9 Å². The first-order valence-electron chi connectivity index (χ1n) is 5.01. The SMILES string of the molecule is Cc1cc(Br)cc(SN2CCC(O)C2)c1. The maximum Gasteiger partial charge on any atom is 0.0689 e. The van der Waals surface area contributed by atoms with Crippen LogP contribution in [0, 0.1) is 6.92 Å². The lowest BCUT2D eigenvalue weighted by molar-refractivity contribution is 0.190. The van der Waals surface area contributed by atoms with Crippen molar-refractivity contribution < 1.29 is 5.11 Å². The highest BCUT2D eigenvalue weighted by atomic mass is 79.9. The third kappa shape index (κ3) is 3.21. The van der Waals surface area contributed by atoms with Crippen LogP contribution in [0.2, 0.25) is 0 Å². The highest BCUT2D eigenvalue weighted by Crippen LogP contribution is 2.29. The summed E-state index contributed by atoms with van der Waals surface area (Å²) in [4.78, 5) is 1.23. The molecule has 0 saturated carbocycles. The van der Waals surface area contributed by atoms with Gasteiger partial charge in [0.1, 0.15) is 0 Å². The van der Waals surface area contributed by atoms with Gasteiger partial charge in [0.25, 0.3) is 0 Å². The van der Waals surface area contributed by atoms with Gasteiger partial charge in [0.2, 0.25) is 0 Å². The maximum atomic E-state index is 9.42. The molecule has 0 aromatic heterocycles. The van der Waals surface area contributed by atoms with E-state index in [1.54, 1.807) is 11.9 Å². The van der Waals surface area contributed by atoms with Crippen molar-refractivity contribution in [2.45, 2.75) is 24.3 Å². The number of rotatable bonds is 2. The molecule has 15 heavy (non-hydrogen) atoms. The van der Waals surface area contributed by atoms with Crippen LogP contribution in [0.1, 0.15) is 12.0 Å². The van der Waals surface area contributed by atoms with Gasteiger partial charge in [0.05, 0.1) is 6.10 Å². The van der Waals surface area contributed by atoms with Gasteiger partial charge < -0.3 is 5.11 Å². The molecule has 1 aliphatic rings. The Morgan fingerprint density at radius 3 is 2.87 bits per heavy atom. The van der Waals surface area contributed by atoms with Crippen LogP contribution in [0.4, 0.5) is 0 Å². The molecule has 1 aromatic carbocycles. The summed E-state index contributed by atoms with van der Waals surface area (Å²) in [5, 5.41) is 9.42. The van der Waals surface area contributed by atoms with Crippen molar-refractivity contribution in [3.05, 3.63) is 28.2 Å². The van der Waals surface area contributed by atoms with E-state index < -0.39 is 0 Å². The number of aryl methyl sites for hydroxylation is 1. The van der Waals surface area contributed by atoms with E-state index in [1.165, 1.54) is 10.5 Å². The molecule has 1 aromatic rings. The van der Waals surface area contributed by atoms with Crippen LogP contribution in [-0.2, 0) is 0 Å². The van der Waals surface area contributed by atoms with E-state index >= 15 is 0 Å². The lowest BCUT2D eigenvalue weighted by atomic mass is 10.2. The minimum Gasteiger partial charge on any atom is -0.392 e. The van der Waals surface area contributed by atoms with E-state index in [0.29, 0.717) is 0 Å². The number of hydrogen-bond acceptors (Lipinski definition) is 3. The van der Waals surface area contributed by atoms with Crippen LogP contribution in [0.25, 0.3) is 0 Å². The van der Waals surface area contributed by atoms with Gasteiger partial charge in [-0.3, -0.25) is 0 Å². The molecule has 0 spiro atoms. The Kier molecular flexibility index (Phi) is 3.72. The molecular weight excluding hydrogens is 274 g/mol. The van der Waals surface area contributed by atoms with Gasteiger partial charge in [-0.05, 0) is 49.1 Å². The summed E-state index contributed by atoms with van der Waals surface area (Å²) in [6.45, 7) is 3.83. The van der Waals surface area contributed by atoms with Crippen LogP contribution < -0.4 is 0 Å². The number of aliphatic hydroxyl groups is 1. The number of aliphatic hydroxyl groups excluding tert-OH is 1. The highest BCUT2D eigenvalue weighted by Gasteiger charge is 2.20. The minimum absolute atomic E-state index is 0.147. The summed E-state index contributed by atoms with van der Waals surface area (Å²) in [6.07, 6.45) is 0.741. The molecule has 4 heteroatoms. The van der Waals surface area contributed by atoms with Crippen molar-refractivity contribution in [2.75, 3.05) is 13.1 Å². The summed E-state index contributed by atoms with van der Waals surface area (Å²) in [6, 6.07) is 6.38. The molecule has 2 rings (SSSR count). The summed E-state index contributed by atoms with van der Waals surface area (Å²) < 4.78 is 3.33. The quantitative estimate of drug-likeness (QED) is 0.847. The number of hydrogen-bond donors (Lipinski definition) is 1. The Bertz CT molecular complexity index is 338. The predicted molar refractivity (Wildman–Crippen MR) is 66.9 cm³/mol.